The molecule has 1 aromatic heterocycles. The van der Waals surface area contributed by atoms with Crippen molar-refractivity contribution in [3.05, 3.63) is 46.3 Å². The predicted octanol–water partition coefficient (Wildman–Crippen LogP) is 2.58. The van der Waals surface area contributed by atoms with Gasteiger partial charge >= 0.3 is 0 Å². The van der Waals surface area contributed by atoms with E-state index in [0.29, 0.717) is 18.1 Å². The highest BCUT2D eigenvalue weighted by Crippen LogP contribution is 2.22. The maximum Gasteiger partial charge on any atom is 0.270 e. The number of carbonyl (C=O) groups excluding carboxylic acids is 1. The zero-order valence-electron chi connectivity index (χ0n) is 13.4. The van der Waals surface area contributed by atoms with Crippen LogP contribution in [0.2, 0.25) is 0 Å². The van der Waals surface area contributed by atoms with Crippen LogP contribution >= 0.6 is 15.9 Å². The lowest BCUT2D eigenvalue weighted by molar-refractivity contribution is 0.0946. The Morgan fingerprint density at radius 1 is 1.26 bits per heavy atom. The van der Waals surface area contributed by atoms with E-state index in [4.69, 9.17) is 0 Å². The Balaban J connectivity index is 2.04. The molecule has 1 amide bonds. The summed E-state index contributed by atoms with van der Waals surface area (Å²) in [4.78, 5) is 22.3. The van der Waals surface area contributed by atoms with Gasteiger partial charge < -0.3 is 15.5 Å². The van der Waals surface area contributed by atoms with Gasteiger partial charge in [-0.15, -0.1) is 0 Å². The van der Waals surface area contributed by atoms with Gasteiger partial charge in [-0.25, -0.2) is 9.97 Å². The molecule has 0 aliphatic rings. The van der Waals surface area contributed by atoms with Crippen LogP contribution in [0.3, 0.4) is 0 Å². The molecule has 23 heavy (non-hydrogen) atoms. The van der Waals surface area contributed by atoms with Gasteiger partial charge in [0.05, 0.1) is 0 Å². The third-order valence-electron chi connectivity index (χ3n) is 3.17. The fourth-order valence-electron chi connectivity index (χ4n) is 1.90. The van der Waals surface area contributed by atoms with Crippen molar-refractivity contribution in [2.45, 2.75) is 6.92 Å². The molecule has 0 bridgehead atoms. The van der Waals surface area contributed by atoms with Crippen LogP contribution in [0.1, 0.15) is 16.1 Å². The first kappa shape index (κ1) is 17.4. The molecule has 2 aromatic rings. The first-order valence-corrected chi connectivity index (χ1v) is 8.03. The molecule has 1 aromatic carbocycles. The Kier molecular flexibility index (Phi) is 6.06. The van der Waals surface area contributed by atoms with E-state index in [0.717, 1.165) is 22.3 Å². The standard InChI is InChI=1S/C16H20BrN5O/c1-11-8-12(4-5-13(11)17)21-15-9-14(19-10-20-15)16(23)18-6-7-22(2)3/h4-5,8-10H,6-7H2,1-3H3,(H,18,23)(H,19,20,21). The Hall–Kier alpha value is -1.99. The zero-order valence-corrected chi connectivity index (χ0v) is 15.0. The number of hydrogen-bond donors (Lipinski definition) is 2. The summed E-state index contributed by atoms with van der Waals surface area (Å²) >= 11 is 3.47. The van der Waals surface area contributed by atoms with Gasteiger partial charge in [0.25, 0.3) is 5.91 Å². The summed E-state index contributed by atoms with van der Waals surface area (Å²) in [6.07, 6.45) is 1.38. The Morgan fingerprint density at radius 2 is 2.04 bits per heavy atom. The van der Waals surface area contributed by atoms with E-state index in [1.807, 2.05) is 44.1 Å². The van der Waals surface area contributed by atoms with Gasteiger partial charge in [0.2, 0.25) is 0 Å². The molecule has 0 aliphatic carbocycles. The number of nitrogens with one attached hydrogen (secondary N) is 2. The number of anilines is 2. The number of nitrogens with zero attached hydrogens (tertiary/aromatic N) is 3. The van der Waals surface area contributed by atoms with Crippen molar-refractivity contribution >= 4 is 33.3 Å². The maximum absolute atomic E-state index is 12.1. The van der Waals surface area contributed by atoms with E-state index in [-0.39, 0.29) is 5.91 Å². The summed E-state index contributed by atoms with van der Waals surface area (Å²) in [5.41, 5.74) is 2.36. The van der Waals surface area contributed by atoms with Crippen LogP contribution in [0, 0.1) is 6.92 Å². The number of benzene rings is 1. The molecular formula is C16H20BrN5O. The van der Waals surface area contributed by atoms with Gasteiger partial charge in [-0.2, -0.15) is 0 Å². The van der Waals surface area contributed by atoms with Crippen molar-refractivity contribution in [3.8, 4) is 0 Å². The number of aromatic nitrogens is 2. The number of hydrogen-bond acceptors (Lipinski definition) is 5. The summed E-state index contributed by atoms with van der Waals surface area (Å²) in [6.45, 7) is 3.36. The molecule has 122 valence electrons. The number of rotatable bonds is 6. The molecular weight excluding hydrogens is 358 g/mol. The van der Waals surface area contributed by atoms with Crippen molar-refractivity contribution in [1.29, 1.82) is 0 Å². The minimum absolute atomic E-state index is 0.204. The molecule has 0 spiro atoms. The number of aryl methyl sites for hydroxylation is 1. The second-order valence-corrected chi connectivity index (χ2v) is 6.29. The fourth-order valence-corrected chi connectivity index (χ4v) is 2.15. The van der Waals surface area contributed by atoms with E-state index >= 15 is 0 Å². The molecule has 7 heteroatoms. The average molecular weight is 378 g/mol. The van der Waals surface area contributed by atoms with Crippen LogP contribution in [-0.4, -0.2) is 48.0 Å². The molecule has 0 saturated heterocycles. The highest BCUT2D eigenvalue weighted by atomic mass is 79.9. The molecule has 1 heterocycles. The van der Waals surface area contributed by atoms with Gasteiger partial charge in [0.1, 0.15) is 17.8 Å². The molecule has 6 nitrogen and oxygen atoms in total. The maximum atomic E-state index is 12.1. The van der Waals surface area contributed by atoms with Gasteiger partial charge in [-0.05, 0) is 44.8 Å². The first-order chi connectivity index (χ1) is 11.0. The Bertz CT molecular complexity index is 690. The number of carbonyl (C=O) groups is 1. The molecule has 0 saturated carbocycles. The highest BCUT2D eigenvalue weighted by molar-refractivity contribution is 9.10. The zero-order chi connectivity index (χ0) is 16.8. The minimum atomic E-state index is -0.204. The van der Waals surface area contributed by atoms with Gasteiger partial charge in [0.15, 0.2) is 0 Å². The van der Waals surface area contributed by atoms with E-state index < -0.39 is 0 Å². The highest BCUT2D eigenvalue weighted by Gasteiger charge is 2.08. The summed E-state index contributed by atoms with van der Waals surface area (Å²) in [6, 6.07) is 7.55. The van der Waals surface area contributed by atoms with Gasteiger partial charge in [-0.3, -0.25) is 4.79 Å². The third-order valence-corrected chi connectivity index (χ3v) is 4.06. The van der Waals surface area contributed by atoms with E-state index in [1.54, 1.807) is 6.07 Å². The van der Waals surface area contributed by atoms with Gasteiger partial charge in [0, 0.05) is 29.3 Å². The molecule has 0 radical (unpaired) electrons. The second-order valence-electron chi connectivity index (χ2n) is 5.44. The van der Waals surface area contributed by atoms with Crippen LogP contribution in [0.15, 0.2) is 35.1 Å². The van der Waals surface area contributed by atoms with Crippen molar-refractivity contribution in [2.75, 3.05) is 32.5 Å². The van der Waals surface area contributed by atoms with Crippen LogP contribution in [0.4, 0.5) is 11.5 Å². The third kappa shape index (κ3) is 5.30. The second kappa shape index (κ2) is 8.03. The smallest absolute Gasteiger partial charge is 0.270 e. The molecule has 2 rings (SSSR count). The van der Waals surface area contributed by atoms with Crippen LogP contribution in [0.25, 0.3) is 0 Å². The SMILES string of the molecule is Cc1cc(Nc2cc(C(=O)NCCN(C)C)ncn2)ccc1Br. The number of amides is 1. The number of halogens is 1. The molecule has 0 aliphatic heterocycles. The van der Waals surface area contributed by atoms with E-state index in [2.05, 4.69) is 36.5 Å². The normalized spacial score (nSPS) is 10.7. The topological polar surface area (TPSA) is 70.2 Å². The molecule has 0 unspecified atom stereocenters. The van der Waals surface area contributed by atoms with E-state index in [9.17, 15) is 4.79 Å². The molecule has 0 atom stereocenters. The molecule has 0 fully saturated rings. The fraction of sp³-hybridized carbons (Fsp3) is 0.312. The summed E-state index contributed by atoms with van der Waals surface area (Å²) in [7, 11) is 3.91. The summed E-state index contributed by atoms with van der Waals surface area (Å²) < 4.78 is 1.05. The predicted molar refractivity (Wildman–Crippen MR) is 95.1 cm³/mol. The first-order valence-electron chi connectivity index (χ1n) is 7.24. The van der Waals surface area contributed by atoms with Crippen LogP contribution < -0.4 is 10.6 Å². The Labute approximate surface area is 144 Å². The number of likely N-dealkylation sites (N-methyl/N-ethyl adjacent to an activating group) is 1. The van der Waals surface area contributed by atoms with Gasteiger partial charge in [-0.1, -0.05) is 15.9 Å². The summed E-state index contributed by atoms with van der Waals surface area (Å²) in [5.74, 6) is 0.378. The van der Waals surface area contributed by atoms with Crippen molar-refractivity contribution in [1.82, 2.24) is 20.2 Å². The molecule has 2 N–H and O–H groups in total. The van der Waals surface area contributed by atoms with Crippen molar-refractivity contribution in [2.24, 2.45) is 0 Å². The quantitative estimate of drug-likeness (QED) is 0.809. The summed E-state index contributed by atoms with van der Waals surface area (Å²) in [5, 5.41) is 6.01. The monoisotopic (exact) mass is 377 g/mol. The Morgan fingerprint density at radius 3 is 2.74 bits per heavy atom. The van der Waals surface area contributed by atoms with E-state index in [1.165, 1.54) is 6.33 Å². The average Bonchev–Trinajstić information content (AvgIpc) is 2.51. The minimum Gasteiger partial charge on any atom is -0.349 e. The van der Waals surface area contributed by atoms with Crippen LogP contribution in [0.5, 0.6) is 0 Å². The van der Waals surface area contributed by atoms with Crippen LogP contribution in [-0.2, 0) is 0 Å². The lowest BCUT2D eigenvalue weighted by atomic mass is 10.2. The largest absolute Gasteiger partial charge is 0.349 e. The van der Waals surface area contributed by atoms with Crippen molar-refractivity contribution in [3.63, 3.8) is 0 Å². The lowest BCUT2D eigenvalue weighted by Gasteiger charge is -2.11. The lowest BCUT2D eigenvalue weighted by Crippen LogP contribution is -2.31. The van der Waals surface area contributed by atoms with Crippen molar-refractivity contribution < 1.29 is 4.79 Å².